The van der Waals surface area contributed by atoms with Gasteiger partial charge in [-0.25, -0.2) is 4.68 Å². The topological polar surface area (TPSA) is 77.4 Å². The van der Waals surface area contributed by atoms with Gasteiger partial charge in [-0.15, -0.1) is 0 Å². The molecule has 2 atom stereocenters. The quantitative estimate of drug-likeness (QED) is 0.567. The van der Waals surface area contributed by atoms with Gasteiger partial charge in [-0.05, 0) is 23.3 Å². The third-order valence-corrected chi connectivity index (χ3v) is 5.53. The summed E-state index contributed by atoms with van der Waals surface area (Å²) in [5.74, 6) is 0.464. The average Bonchev–Trinajstić information content (AvgIpc) is 3.25. The van der Waals surface area contributed by atoms with Crippen molar-refractivity contribution in [2.24, 2.45) is 0 Å². The maximum atomic E-state index is 13.9. The van der Waals surface area contributed by atoms with Gasteiger partial charge in [-0.3, -0.25) is 4.79 Å². The van der Waals surface area contributed by atoms with Gasteiger partial charge >= 0.3 is 6.18 Å². The van der Waals surface area contributed by atoms with Crippen LogP contribution in [0.25, 0.3) is 0 Å². The summed E-state index contributed by atoms with van der Waals surface area (Å²) < 4.78 is 53.1. The number of nitrogens with zero attached hydrogens (tertiary/aromatic N) is 2. The molecule has 0 saturated heterocycles. The van der Waals surface area contributed by atoms with E-state index >= 15 is 0 Å². The molecule has 1 aliphatic rings. The molecule has 3 aromatic rings. The molecule has 2 aromatic carbocycles. The number of alkyl halides is 3. The van der Waals surface area contributed by atoms with E-state index in [-0.39, 0.29) is 24.5 Å². The van der Waals surface area contributed by atoms with Gasteiger partial charge in [0, 0.05) is 19.0 Å². The Hall–Kier alpha value is -3.69. The van der Waals surface area contributed by atoms with Crippen LogP contribution in [0.2, 0.25) is 0 Å². The number of carbonyl (C=O) groups excluding carboxylic acids is 1. The normalized spacial score (nSPS) is 17.6. The summed E-state index contributed by atoms with van der Waals surface area (Å²) in [7, 11) is 2.95. The molecule has 0 saturated carbocycles. The Labute approximate surface area is 188 Å². The van der Waals surface area contributed by atoms with Crippen LogP contribution in [-0.2, 0) is 6.54 Å². The van der Waals surface area contributed by atoms with Gasteiger partial charge in [0.15, 0.2) is 23.2 Å². The molecular formula is C23H23F3N4O3. The Balaban J connectivity index is 1.60. The van der Waals surface area contributed by atoms with Crippen LogP contribution < -0.4 is 20.1 Å². The van der Waals surface area contributed by atoms with Gasteiger partial charge in [-0.1, -0.05) is 36.4 Å². The second kappa shape index (κ2) is 9.05. The molecule has 2 N–H and O–H groups in total. The lowest BCUT2D eigenvalue weighted by molar-refractivity contribution is -0.173. The molecule has 4 rings (SSSR count). The van der Waals surface area contributed by atoms with Crippen LogP contribution >= 0.6 is 0 Å². The first kappa shape index (κ1) is 22.5. The first-order valence-electron chi connectivity index (χ1n) is 10.3. The van der Waals surface area contributed by atoms with E-state index in [2.05, 4.69) is 15.7 Å². The Morgan fingerprint density at radius 3 is 2.52 bits per heavy atom. The van der Waals surface area contributed by atoms with Crippen molar-refractivity contribution >= 4 is 11.7 Å². The molecule has 174 valence electrons. The fourth-order valence-electron chi connectivity index (χ4n) is 3.84. The van der Waals surface area contributed by atoms with Crippen molar-refractivity contribution < 1.29 is 27.4 Å². The Kier molecular flexibility index (Phi) is 6.17. The van der Waals surface area contributed by atoms with Crippen LogP contribution in [0, 0.1) is 0 Å². The van der Waals surface area contributed by atoms with Crippen molar-refractivity contribution in [3.8, 4) is 11.5 Å². The summed E-state index contributed by atoms with van der Waals surface area (Å²) in [6.07, 6.45) is -4.84. The standard InChI is InChI=1S/C23H23F3N4O3/c1-32-18-9-8-15(10-19(18)33-2)16-11-20(23(24,25)26)30-21(28-16)12-17(29-30)22(31)27-13-14-6-4-3-5-7-14/h3-10,12,16,20,28H,11,13H2,1-2H3,(H,27,31)/t16-,20-/m0/s1. The number of hydrogen-bond donors (Lipinski definition) is 2. The summed E-state index contributed by atoms with van der Waals surface area (Å²) in [5.41, 5.74) is 1.38. The van der Waals surface area contributed by atoms with E-state index in [0.717, 1.165) is 10.2 Å². The van der Waals surface area contributed by atoms with E-state index in [1.54, 1.807) is 18.2 Å². The molecular weight excluding hydrogens is 437 g/mol. The highest BCUT2D eigenvalue weighted by Gasteiger charge is 2.47. The highest BCUT2D eigenvalue weighted by atomic mass is 19.4. The number of rotatable bonds is 6. The predicted molar refractivity (Wildman–Crippen MR) is 115 cm³/mol. The van der Waals surface area contributed by atoms with Gasteiger partial charge in [-0.2, -0.15) is 18.3 Å². The SMILES string of the molecule is COc1ccc([C@@H]2C[C@@H](C(F)(F)F)n3nc(C(=O)NCc4ccccc4)cc3N2)cc1OC. The summed E-state index contributed by atoms with van der Waals surface area (Å²) in [6.45, 7) is 0.242. The van der Waals surface area contributed by atoms with Crippen LogP contribution in [0.5, 0.6) is 11.5 Å². The number of hydrogen-bond acceptors (Lipinski definition) is 5. The molecule has 2 heterocycles. The number of aromatic nitrogens is 2. The maximum absolute atomic E-state index is 13.9. The van der Waals surface area contributed by atoms with E-state index in [0.29, 0.717) is 17.1 Å². The van der Waals surface area contributed by atoms with E-state index in [1.807, 2.05) is 30.3 Å². The van der Waals surface area contributed by atoms with Gasteiger partial charge in [0.1, 0.15) is 5.82 Å². The van der Waals surface area contributed by atoms with Crippen molar-refractivity contribution in [1.82, 2.24) is 15.1 Å². The average molecular weight is 460 g/mol. The third-order valence-electron chi connectivity index (χ3n) is 5.53. The van der Waals surface area contributed by atoms with Crippen molar-refractivity contribution in [3.63, 3.8) is 0 Å². The summed E-state index contributed by atoms with van der Waals surface area (Å²) in [6, 6.07) is 13.0. The molecule has 1 aliphatic heterocycles. The number of fused-ring (bicyclic) bond motifs is 1. The van der Waals surface area contributed by atoms with Gasteiger partial charge in [0.25, 0.3) is 5.91 Å². The van der Waals surface area contributed by atoms with E-state index < -0.39 is 24.2 Å². The van der Waals surface area contributed by atoms with Gasteiger partial charge < -0.3 is 20.1 Å². The fraction of sp³-hybridized carbons (Fsp3) is 0.304. The highest BCUT2D eigenvalue weighted by Crippen LogP contribution is 2.44. The predicted octanol–water partition coefficient (Wildman–Crippen LogP) is 4.49. The lowest BCUT2D eigenvalue weighted by Gasteiger charge is -2.33. The second-order valence-corrected chi connectivity index (χ2v) is 7.63. The van der Waals surface area contributed by atoms with Crippen molar-refractivity contribution in [1.29, 1.82) is 0 Å². The number of ether oxygens (including phenoxy) is 2. The summed E-state index contributed by atoms with van der Waals surface area (Å²) in [4.78, 5) is 12.6. The molecule has 0 aliphatic carbocycles. The van der Waals surface area contributed by atoms with E-state index in [1.165, 1.54) is 20.3 Å². The number of benzene rings is 2. The minimum Gasteiger partial charge on any atom is -0.493 e. The third kappa shape index (κ3) is 4.74. The highest BCUT2D eigenvalue weighted by molar-refractivity contribution is 5.93. The summed E-state index contributed by atoms with van der Waals surface area (Å²) in [5, 5.41) is 9.75. The van der Waals surface area contributed by atoms with Crippen molar-refractivity contribution in [3.05, 3.63) is 71.4 Å². The van der Waals surface area contributed by atoms with Gasteiger partial charge in [0.2, 0.25) is 0 Å². The number of amides is 1. The monoisotopic (exact) mass is 460 g/mol. The zero-order valence-corrected chi connectivity index (χ0v) is 18.0. The Morgan fingerprint density at radius 2 is 1.85 bits per heavy atom. The minimum atomic E-state index is -4.55. The molecule has 7 nitrogen and oxygen atoms in total. The van der Waals surface area contributed by atoms with Crippen LogP contribution in [0.4, 0.5) is 19.0 Å². The van der Waals surface area contributed by atoms with Crippen molar-refractivity contribution in [2.45, 2.75) is 31.2 Å². The van der Waals surface area contributed by atoms with Gasteiger partial charge in [0.05, 0.1) is 20.3 Å². The van der Waals surface area contributed by atoms with Crippen LogP contribution in [0.1, 0.15) is 40.1 Å². The van der Waals surface area contributed by atoms with E-state index in [4.69, 9.17) is 9.47 Å². The molecule has 0 spiro atoms. The summed E-state index contributed by atoms with van der Waals surface area (Å²) >= 11 is 0. The molecule has 33 heavy (non-hydrogen) atoms. The number of nitrogens with one attached hydrogen (secondary N) is 2. The lowest BCUT2D eigenvalue weighted by atomic mass is 9.96. The van der Waals surface area contributed by atoms with E-state index in [9.17, 15) is 18.0 Å². The number of carbonyl (C=O) groups is 1. The number of methoxy groups -OCH3 is 2. The smallest absolute Gasteiger partial charge is 0.410 e. The zero-order chi connectivity index (χ0) is 23.6. The maximum Gasteiger partial charge on any atom is 0.410 e. The number of halogens is 3. The fourth-order valence-corrected chi connectivity index (χ4v) is 3.84. The molecule has 1 amide bonds. The Bertz CT molecular complexity index is 1130. The molecule has 0 fully saturated rings. The second-order valence-electron chi connectivity index (χ2n) is 7.63. The molecule has 0 unspecified atom stereocenters. The largest absolute Gasteiger partial charge is 0.493 e. The van der Waals surface area contributed by atoms with Crippen LogP contribution in [-0.4, -0.2) is 36.1 Å². The first-order chi connectivity index (χ1) is 15.8. The van der Waals surface area contributed by atoms with Crippen LogP contribution in [0.3, 0.4) is 0 Å². The minimum absolute atomic E-state index is 0.0874. The van der Waals surface area contributed by atoms with Crippen molar-refractivity contribution in [2.75, 3.05) is 19.5 Å². The van der Waals surface area contributed by atoms with Crippen LogP contribution in [0.15, 0.2) is 54.6 Å². The first-order valence-corrected chi connectivity index (χ1v) is 10.3. The molecule has 0 radical (unpaired) electrons. The molecule has 1 aromatic heterocycles. The number of anilines is 1. The molecule has 10 heteroatoms. The lowest BCUT2D eigenvalue weighted by Crippen LogP contribution is -2.35. The zero-order valence-electron chi connectivity index (χ0n) is 18.0. The molecule has 0 bridgehead atoms. The Morgan fingerprint density at radius 1 is 1.12 bits per heavy atom.